The molecule has 2 aromatic carbocycles. The van der Waals surface area contributed by atoms with Crippen LogP contribution < -0.4 is 10.6 Å². The van der Waals surface area contributed by atoms with Crippen molar-refractivity contribution < 1.29 is 9.53 Å². The van der Waals surface area contributed by atoms with E-state index in [1.165, 1.54) is 0 Å². The SMILES string of the molecule is CCOC(=O)NCc1cccc(Nc2nc3ccccc3n3c(C)nnc23)c1. The second-order valence-electron chi connectivity index (χ2n) is 6.25. The second kappa shape index (κ2) is 7.51. The lowest BCUT2D eigenvalue weighted by atomic mass is 10.2. The van der Waals surface area contributed by atoms with Gasteiger partial charge in [0, 0.05) is 12.2 Å². The molecule has 0 saturated heterocycles. The lowest BCUT2D eigenvalue weighted by molar-refractivity contribution is 0.151. The average molecular weight is 376 g/mol. The van der Waals surface area contributed by atoms with E-state index in [0.29, 0.717) is 24.6 Å². The van der Waals surface area contributed by atoms with Gasteiger partial charge in [-0.3, -0.25) is 4.40 Å². The summed E-state index contributed by atoms with van der Waals surface area (Å²) >= 11 is 0. The summed E-state index contributed by atoms with van der Waals surface area (Å²) < 4.78 is 6.87. The van der Waals surface area contributed by atoms with Crippen LogP contribution in [0.1, 0.15) is 18.3 Å². The fourth-order valence-electron chi connectivity index (χ4n) is 3.06. The van der Waals surface area contributed by atoms with E-state index in [0.717, 1.165) is 28.1 Å². The van der Waals surface area contributed by atoms with E-state index < -0.39 is 6.09 Å². The number of benzene rings is 2. The number of rotatable bonds is 5. The quantitative estimate of drug-likeness (QED) is 0.553. The van der Waals surface area contributed by atoms with Crippen molar-refractivity contribution in [1.82, 2.24) is 24.9 Å². The maximum Gasteiger partial charge on any atom is 0.407 e. The molecule has 28 heavy (non-hydrogen) atoms. The first-order valence-electron chi connectivity index (χ1n) is 9.03. The number of aryl methyl sites for hydroxylation is 1. The maximum atomic E-state index is 11.5. The lowest BCUT2D eigenvalue weighted by Crippen LogP contribution is -2.23. The molecule has 2 N–H and O–H groups in total. The molecule has 0 aliphatic carbocycles. The van der Waals surface area contributed by atoms with Gasteiger partial charge in [-0.05, 0) is 43.7 Å². The highest BCUT2D eigenvalue weighted by molar-refractivity contribution is 5.84. The van der Waals surface area contributed by atoms with Crippen LogP contribution in [0.15, 0.2) is 48.5 Å². The highest BCUT2D eigenvalue weighted by atomic mass is 16.5. The van der Waals surface area contributed by atoms with Crippen LogP contribution in [0.5, 0.6) is 0 Å². The molecule has 0 unspecified atom stereocenters. The number of anilines is 2. The van der Waals surface area contributed by atoms with Gasteiger partial charge in [0.2, 0.25) is 5.65 Å². The number of alkyl carbamates (subject to hydrolysis) is 1. The Kier molecular flexibility index (Phi) is 4.76. The minimum atomic E-state index is -0.433. The van der Waals surface area contributed by atoms with Gasteiger partial charge in [0.15, 0.2) is 5.82 Å². The van der Waals surface area contributed by atoms with Gasteiger partial charge >= 0.3 is 6.09 Å². The topological polar surface area (TPSA) is 93.4 Å². The number of carbonyl (C=O) groups is 1. The summed E-state index contributed by atoms with van der Waals surface area (Å²) in [7, 11) is 0. The number of nitrogens with zero attached hydrogens (tertiary/aromatic N) is 4. The number of carbonyl (C=O) groups excluding carboxylic acids is 1. The molecular formula is C20H20N6O2. The summed E-state index contributed by atoms with van der Waals surface area (Å²) in [6, 6.07) is 15.6. The standard InChI is InChI=1S/C20H20N6O2/c1-3-28-20(27)21-12-14-7-6-8-15(11-14)22-18-19-25-24-13(2)26(19)17-10-5-4-9-16(17)23-18/h4-11H,3,12H2,1-2H3,(H,21,27)(H,22,23). The van der Waals surface area contributed by atoms with E-state index in [1.54, 1.807) is 6.92 Å². The molecule has 1 amide bonds. The van der Waals surface area contributed by atoms with Crippen LogP contribution in [0, 0.1) is 6.92 Å². The van der Waals surface area contributed by atoms with Gasteiger partial charge in [-0.1, -0.05) is 24.3 Å². The highest BCUT2D eigenvalue weighted by Crippen LogP contribution is 2.24. The Labute approximate surface area is 161 Å². The first kappa shape index (κ1) is 17.7. The third-order valence-corrected chi connectivity index (χ3v) is 4.29. The average Bonchev–Trinajstić information content (AvgIpc) is 3.09. The van der Waals surface area contributed by atoms with Gasteiger partial charge in [0.1, 0.15) is 5.82 Å². The predicted molar refractivity (Wildman–Crippen MR) is 107 cm³/mol. The third-order valence-electron chi connectivity index (χ3n) is 4.29. The van der Waals surface area contributed by atoms with Crippen LogP contribution in [0.2, 0.25) is 0 Å². The van der Waals surface area contributed by atoms with Crippen molar-refractivity contribution in [2.75, 3.05) is 11.9 Å². The van der Waals surface area contributed by atoms with Crippen molar-refractivity contribution in [3.63, 3.8) is 0 Å². The van der Waals surface area contributed by atoms with Crippen LogP contribution >= 0.6 is 0 Å². The van der Waals surface area contributed by atoms with Crippen LogP contribution in [-0.4, -0.2) is 32.3 Å². The zero-order valence-electron chi connectivity index (χ0n) is 15.6. The van der Waals surface area contributed by atoms with E-state index in [1.807, 2.05) is 59.9 Å². The van der Waals surface area contributed by atoms with Crippen molar-refractivity contribution in [1.29, 1.82) is 0 Å². The molecular weight excluding hydrogens is 356 g/mol. The van der Waals surface area contributed by atoms with Gasteiger partial charge in [-0.2, -0.15) is 0 Å². The maximum absolute atomic E-state index is 11.5. The smallest absolute Gasteiger partial charge is 0.407 e. The molecule has 0 aliphatic rings. The van der Waals surface area contributed by atoms with Crippen molar-refractivity contribution in [3.05, 3.63) is 59.9 Å². The number of amides is 1. The third kappa shape index (κ3) is 3.44. The molecule has 0 aliphatic heterocycles. The molecule has 8 heteroatoms. The molecule has 4 rings (SSSR count). The van der Waals surface area contributed by atoms with Gasteiger partial charge < -0.3 is 15.4 Å². The van der Waals surface area contributed by atoms with Gasteiger partial charge in [-0.15, -0.1) is 10.2 Å². The molecule has 2 heterocycles. The van der Waals surface area contributed by atoms with Crippen molar-refractivity contribution in [2.24, 2.45) is 0 Å². The highest BCUT2D eigenvalue weighted by Gasteiger charge is 2.13. The Morgan fingerprint density at radius 2 is 2.00 bits per heavy atom. The summed E-state index contributed by atoms with van der Waals surface area (Å²) in [6.45, 7) is 4.40. The van der Waals surface area contributed by atoms with E-state index in [2.05, 4.69) is 20.8 Å². The lowest BCUT2D eigenvalue weighted by Gasteiger charge is -2.11. The molecule has 4 aromatic rings. The van der Waals surface area contributed by atoms with Crippen LogP contribution in [0.25, 0.3) is 16.7 Å². The van der Waals surface area contributed by atoms with E-state index in [9.17, 15) is 4.79 Å². The zero-order valence-corrected chi connectivity index (χ0v) is 15.6. The summed E-state index contributed by atoms with van der Waals surface area (Å²) in [5, 5.41) is 14.5. The van der Waals surface area contributed by atoms with Crippen molar-refractivity contribution in [2.45, 2.75) is 20.4 Å². The second-order valence-corrected chi connectivity index (χ2v) is 6.25. The number of para-hydroxylation sites is 2. The number of fused-ring (bicyclic) bond motifs is 3. The Morgan fingerprint density at radius 1 is 1.14 bits per heavy atom. The Hall–Kier alpha value is -3.68. The van der Waals surface area contributed by atoms with Crippen molar-refractivity contribution in [3.8, 4) is 0 Å². The molecule has 8 nitrogen and oxygen atoms in total. The molecule has 2 aromatic heterocycles. The predicted octanol–water partition coefficient (Wildman–Crippen LogP) is 3.58. The fourth-order valence-corrected chi connectivity index (χ4v) is 3.06. The number of nitrogens with one attached hydrogen (secondary N) is 2. The molecule has 142 valence electrons. The normalized spacial score (nSPS) is 10.9. The van der Waals surface area contributed by atoms with Gasteiger partial charge in [-0.25, -0.2) is 9.78 Å². The molecule has 0 radical (unpaired) electrons. The van der Waals surface area contributed by atoms with Gasteiger partial charge in [0.05, 0.1) is 17.6 Å². The molecule has 0 bridgehead atoms. The van der Waals surface area contributed by atoms with E-state index >= 15 is 0 Å². The van der Waals surface area contributed by atoms with Crippen molar-refractivity contribution >= 4 is 34.3 Å². The number of aromatic nitrogens is 4. The largest absolute Gasteiger partial charge is 0.450 e. The number of hydrogen-bond acceptors (Lipinski definition) is 6. The van der Waals surface area contributed by atoms with Crippen LogP contribution in [0.4, 0.5) is 16.3 Å². The molecule has 0 saturated carbocycles. The summed E-state index contributed by atoms with van der Waals surface area (Å²) in [5.41, 5.74) is 4.24. The monoisotopic (exact) mass is 376 g/mol. The van der Waals surface area contributed by atoms with E-state index in [-0.39, 0.29) is 0 Å². The number of ether oxygens (including phenoxy) is 1. The van der Waals surface area contributed by atoms with Crippen LogP contribution in [-0.2, 0) is 11.3 Å². The first-order valence-corrected chi connectivity index (χ1v) is 9.03. The molecule has 0 fully saturated rings. The Morgan fingerprint density at radius 3 is 2.86 bits per heavy atom. The fraction of sp³-hybridized carbons (Fsp3) is 0.200. The number of hydrogen-bond donors (Lipinski definition) is 2. The minimum Gasteiger partial charge on any atom is -0.450 e. The summed E-state index contributed by atoms with van der Waals surface area (Å²) in [5.74, 6) is 1.42. The van der Waals surface area contributed by atoms with E-state index in [4.69, 9.17) is 9.72 Å². The Balaban J connectivity index is 1.65. The first-order chi connectivity index (χ1) is 13.7. The summed E-state index contributed by atoms with van der Waals surface area (Å²) in [6.07, 6.45) is -0.433. The summed E-state index contributed by atoms with van der Waals surface area (Å²) in [4.78, 5) is 16.2. The van der Waals surface area contributed by atoms with Crippen LogP contribution in [0.3, 0.4) is 0 Å². The zero-order chi connectivity index (χ0) is 19.5. The molecule has 0 atom stereocenters. The molecule has 0 spiro atoms. The minimum absolute atomic E-state index is 0.342. The Bertz CT molecular complexity index is 1150. The van der Waals surface area contributed by atoms with Gasteiger partial charge in [0.25, 0.3) is 0 Å².